The standard InChI is InChI=1S/C17H15N5O3/c23-17(12-1-2-13-14(9-12)25-8-7-24-13)19-10-15-20-16(22-21-15)11-3-5-18-6-4-11/h1-6,9H,7-8,10H2,(H,19,23)(H,20,21,22). The topological polar surface area (TPSA) is 102 Å². The van der Waals surface area contributed by atoms with Gasteiger partial charge in [0.25, 0.3) is 5.91 Å². The summed E-state index contributed by atoms with van der Waals surface area (Å²) in [6, 6.07) is 8.75. The summed E-state index contributed by atoms with van der Waals surface area (Å²) < 4.78 is 10.9. The first kappa shape index (κ1) is 15.1. The lowest BCUT2D eigenvalue weighted by molar-refractivity contribution is 0.0948. The SMILES string of the molecule is O=C(NCc1nc(-c2ccncc2)n[nH]1)c1ccc2c(c1)OCCO2. The molecule has 0 spiro atoms. The molecule has 0 unspecified atom stereocenters. The van der Waals surface area contributed by atoms with Gasteiger partial charge in [0.2, 0.25) is 0 Å². The van der Waals surface area contributed by atoms with E-state index in [0.29, 0.717) is 41.9 Å². The fourth-order valence-corrected chi connectivity index (χ4v) is 2.46. The molecule has 25 heavy (non-hydrogen) atoms. The van der Waals surface area contributed by atoms with E-state index in [9.17, 15) is 4.79 Å². The van der Waals surface area contributed by atoms with Crippen LogP contribution in [0.3, 0.4) is 0 Å². The van der Waals surface area contributed by atoms with E-state index in [2.05, 4.69) is 25.5 Å². The molecule has 0 aliphatic carbocycles. The van der Waals surface area contributed by atoms with Gasteiger partial charge in [-0.1, -0.05) is 0 Å². The van der Waals surface area contributed by atoms with Crippen LogP contribution >= 0.6 is 0 Å². The lowest BCUT2D eigenvalue weighted by Crippen LogP contribution is -2.24. The van der Waals surface area contributed by atoms with E-state index in [1.807, 2.05) is 12.1 Å². The zero-order chi connectivity index (χ0) is 17.1. The smallest absolute Gasteiger partial charge is 0.251 e. The van der Waals surface area contributed by atoms with Crippen molar-refractivity contribution in [2.75, 3.05) is 13.2 Å². The number of nitrogens with one attached hydrogen (secondary N) is 2. The van der Waals surface area contributed by atoms with E-state index in [-0.39, 0.29) is 12.5 Å². The Labute approximate surface area is 143 Å². The number of nitrogens with zero attached hydrogens (tertiary/aromatic N) is 3. The third-order valence-corrected chi connectivity index (χ3v) is 3.69. The highest BCUT2D eigenvalue weighted by Gasteiger charge is 2.15. The first-order chi connectivity index (χ1) is 12.3. The summed E-state index contributed by atoms with van der Waals surface area (Å²) in [4.78, 5) is 20.6. The van der Waals surface area contributed by atoms with Gasteiger partial charge in [-0.15, -0.1) is 0 Å². The summed E-state index contributed by atoms with van der Waals surface area (Å²) >= 11 is 0. The largest absolute Gasteiger partial charge is 0.486 e. The molecule has 1 aliphatic heterocycles. The molecule has 8 nitrogen and oxygen atoms in total. The van der Waals surface area contributed by atoms with Gasteiger partial charge in [-0.05, 0) is 30.3 Å². The van der Waals surface area contributed by atoms with Gasteiger partial charge in [-0.2, -0.15) is 5.10 Å². The summed E-state index contributed by atoms with van der Waals surface area (Å²) in [5, 5.41) is 9.77. The van der Waals surface area contributed by atoms with Crippen molar-refractivity contribution in [2.45, 2.75) is 6.54 Å². The average Bonchev–Trinajstić information content (AvgIpc) is 3.15. The number of hydrogen-bond acceptors (Lipinski definition) is 6. The van der Waals surface area contributed by atoms with Crippen LogP contribution in [0.25, 0.3) is 11.4 Å². The first-order valence-corrected chi connectivity index (χ1v) is 7.79. The third-order valence-electron chi connectivity index (χ3n) is 3.69. The number of aromatic nitrogens is 4. The molecule has 8 heteroatoms. The van der Waals surface area contributed by atoms with Crippen LogP contribution in [0.1, 0.15) is 16.2 Å². The first-order valence-electron chi connectivity index (χ1n) is 7.79. The lowest BCUT2D eigenvalue weighted by atomic mass is 10.2. The molecular weight excluding hydrogens is 322 g/mol. The molecule has 0 radical (unpaired) electrons. The van der Waals surface area contributed by atoms with Crippen LogP contribution in [0.15, 0.2) is 42.7 Å². The Balaban J connectivity index is 1.41. The quantitative estimate of drug-likeness (QED) is 0.749. The zero-order valence-electron chi connectivity index (χ0n) is 13.2. The van der Waals surface area contributed by atoms with Crippen molar-refractivity contribution in [2.24, 2.45) is 0 Å². The van der Waals surface area contributed by atoms with Gasteiger partial charge in [0.05, 0.1) is 6.54 Å². The normalized spacial score (nSPS) is 12.6. The Hall–Kier alpha value is -3.42. The summed E-state index contributed by atoms with van der Waals surface area (Å²) in [5.74, 6) is 2.14. The van der Waals surface area contributed by atoms with Gasteiger partial charge in [-0.25, -0.2) is 4.98 Å². The fraction of sp³-hybridized carbons (Fsp3) is 0.176. The lowest BCUT2D eigenvalue weighted by Gasteiger charge is -2.18. The van der Waals surface area contributed by atoms with Crippen molar-refractivity contribution in [1.82, 2.24) is 25.5 Å². The fourth-order valence-electron chi connectivity index (χ4n) is 2.46. The number of hydrogen-bond donors (Lipinski definition) is 2. The van der Waals surface area contributed by atoms with Crippen molar-refractivity contribution in [1.29, 1.82) is 0 Å². The second-order valence-corrected chi connectivity index (χ2v) is 5.38. The third kappa shape index (κ3) is 3.27. The van der Waals surface area contributed by atoms with Crippen molar-refractivity contribution in [3.05, 3.63) is 54.1 Å². The summed E-state index contributed by atoms with van der Waals surface area (Å²) in [6.07, 6.45) is 3.35. The molecule has 4 rings (SSSR count). The van der Waals surface area contributed by atoms with Crippen LogP contribution < -0.4 is 14.8 Å². The molecule has 1 aliphatic rings. The second kappa shape index (κ2) is 6.60. The highest BCUT2D eigenvalue weighted by molar-refractivity contribution is 5.94. The Bertz CT molecular complexity index is 894. The number of rotatable bonds is 4. The molecule has 0 saturated heterocycles. The molecule has 0 bridgehead atoms. The average molecular weight is 337 g/mol. The van der Waals surface area contributed by atoms with E-state index in [0.717, 1.165) is 5.56 Å². The van der Waals surface area contributed by atoms with E-state index in [1.165, 1.54) is 0 Å². The van der Waals surface area contributed by atoms with E-state index in [4.69, 9.17) is 9.47 Å². The Morgan fingerprint density at radius 3 is 2.76 bits per heavy atom. The number of aromatic amines is 1. The molecule has 1 amide bonds. The zero-order valence-corrected chi connectivity index (χ0v) is 13.2. The highest BCUT2D eigenvalue weighted by atomic mass is 16.6. The molecule has 0 atom stereocenters. The van der Waals surface area contributed by atoms with E-state index >= 15 is 0 Å². The summed E-state index contributed by atoms with van der Waals surface area (Å²) in [7, 11) is 0. The Morgan fingerprint density at radius 1 is 1.12 bits per heavy atom. The van der Waals surface area contributed by atoms with Gasteiger partial charge in [-0.3, -0.25) is 14.9 Å². The molecule has 0 saturated carbocycles. The maximum absolute atomic E-state index is 12.3. The number of pyridine rings is 1. The van der Waals surface area contributed by atoms with E-state index in [1.54, 1.807) is 30.6 Å². The molecule has 3 heterocycles. The molecular formula is C17H15N5O3. The number of amides is 1. The minimum atomic E-state index is -0.223. The molecule has 3 aromatic rings. The summed E-state index contributed by atoms with van der Waals surface area (Å²) in [6.45, 7) is 1.24. The number of carbonyl (C=O) groups is 1. The van der Waals surface area contributed by atoms with Gasteiger partial charge in [0.1, 0.15) is 19.0 Å². The van der Waals surface area contributed by atoms with Crippen molar-refractivity contribution in [3.8, 4) is 22.9 Å². The molecule has 2 aromatic heterocycles. The van der Waals surface area contributed by atoms with Gasteiger partial charge < -0.3 is 14.8 Å². The maximum Gasteiger partial charge on any atom is 0.251 e. The van der Waals surface area contributed by atoms with E-state index < -0.39 is 0 Å². The van der Waals surface area contributed by atoms with Crippen LogP contribution in [-0.2, 0) is 6.54 Å². The molecule has 2 N–H and O–H groups in total. The van der Waals surface area contributed by atoms with Gasteiger partial charge >= 0.3 is 0 Å². The van der Waals surface area contributed by atoms with Crippen molar-refractivity contribution < 1.29 is 14.3 Å². The summed E-state index contributed by atoms with van der Waals surface area (Å²) in [5.41, 5.74) is 1.36. The highest BCUT2D eigenvalue weighted by Crippen LogP contribution is 2.30. The van der Waals surface area contributed by atoms with Crippen LogP contribution in [0.2, 0.25) is 0 Å². The van der Waals surface area contributed by atoms with Crippen LogP contribution in [-0.4, -0.2) is 39.3 Å². The maximum atomic E-state index is 12.3. The number of H-pyrrole nitrogens is 1. The van der Waals surface area contributed by atoms with Crippen LogP contribution in [0.4, 0.5) is 0 Å². The van der Waals surface area contributed by atoms with Gasteiger partial charge in [0.15, 0.2) is 17.3 Å². The van der Waals surface area contributed by atoms with Crippen LogP contribution in [0, 0.1) is 0 Å². The monoisotopic (exact) mass is 337 g/mol. The second-order valence-electron chi connectivity index (χ2n) is 5.38. The number of benzene rings is 1. The molecule has 126 valence electrons. The molecule has 1 aromatic carbocycles. The predicted octanol–water partition coefficient (Wildman–Crippen LogP) is 1.57. The van der Waals surface area contributed by atoms with Gasteiger partial charge in [0, 0.05) is 23.5 Å². The van der Waals surface area contributed by atoms with Crippen molar-refractivity contribution >= 4 is 5.91 Å². The minimum Gasteiger partial charge on any atom is -0.486 e. The minimum absolute atomic E-state index is 0.223. The number of fused-ring (bicyclic) bond motifs is 1. The van der Waals surface area contributed by atoms with Crippen LogP contribution in [0.5, 0.6) is 11.5 Å². The number of carbonyl (C=O) groups excluding carboxylic acids is 1. The Kier molecular flexibility index (Phi) is 3.99. The van der Waals surface area contributed by atoms with Crippen molar-refractivity contribution in [3.63, 3.8) is 0 Å². The Morgan fingerprint density at radius 2 is 1.92 bits per heavy atom. The molecule has 0 fully saturated rings. The number of ether oxygens (including phenoxy) is 2. The predicted molar refractivity (Wildman–Crippen MR) is 88.2 cm³/mol.